The molecule has 0 spiro atoms. The van der Waals surface area contributed by atoms with Gasteiger partial charge in [0.1, 0.15) is 11.5 Å². The topological polar surface area (TPSA) is 56.0 Å². The van der Waals surface area contributed by atoms with Crippen LogP contribution in [-0.2, 0) is 11.1 Å². The molecule has 3 nitrogen and oxygen atoms in total. The minimum absolute atomic E-state index is 0.304. The van der Waals surface area contributed by atoms with Crippen LogP contribution in [0.3, 0.4) is 0 Å². The molecule has 4 rings (SSSR count). The van der Waals surface area contributed by atoms with Gasteiger partial charge in [0.05, 0.1) is 11.5 Å². The zero-order chi connectivity index (χ0) is 17.5. The highest BCUT2D eigenvalue weighted by molar-refractivity contribution is 5.65. The number of nitrogens with one attached hydrogen (secondary N) is 1. The largest absolute Gasteiger partial charge is 0.372 e. The van der Waals surface area contributed by atoms with Crippen LogP contribution in [-0.4, -0.2) is 11.7 Å². The summed E-state index contributed by atoms with van der Waals surface area (Å²) in [5, 5.41) is 23.1. The first kappa shape index (κ1) is 16.3. The van der Waals surface area contributed by atoms with Crippen molar-refractivity contribution in [1.82, 2.24) is 5.32 Å². The van der Waals surface area contributed by atoms with Gasteiger partial charge in [-0.3, -0.25) is 5.32 Å². The van der Waals surface area contributed by atoms with Crippen LogP contribution < -0.4 is 5.32 Å². The zero-order valence-corrected chi connectivity index (χ0v) is 14.1. The van der Waals surface area contributed by atoms with E-state index in [1.807, 2.05) is 30.3 Å². The Labute approximate surface area is 147 Å². The van der Waals surface area contributed by atoms with Crippen LogP contribution in [0.15, 0.2) is 42.5 Å². The Morgan fingerprint density at radius 3 is 2.28 bits per heavy atom. The van der Waals surface area contributed by atoms with E-state index in [1.165, 1.54) is 6.07 Å². The summed E-state index contributed by atoms with van der Waals surface area (Å²) in [7, 11) is 0. The third-order valence-corrected chi connectivity index (χ3v) is 5.54. The molecule has 1 heterocycles. The summed E-state index contributed by atoms with van der Waals surface area (Å²) >= 11 is 0. The summed E-state index contributed by atoms with van der Waals surface area (Å²) in [6, 6.07) is 14.8. The van der Waals surface area contributed by atoms with Gasteiger partial charge in [0, 0.05) is 5.56 Å². The predicted octanol–water partition coefficient (Wildman–Crippen LogP) is 3.97. The van der Waals surface area contributed by atoms with E-state index < -0.39 is 11.1 Å². The molecule has 2 aliphatic rings. The third-order valence-electron chi connectivity index (χ3n) is 5.54. The maximum atomic E-state index is 14.6. The first-order chi connectivity index (χ1) is 12.1. The van der Waals surface area contributed by atoms with E-state index in [-0.39, 0.29) is 5.82 Å². The third kappa shape index (κ3) is 2.84. The van der Waals surface area contributed by atoms with Crippen molar-refractivity contribution in [3.05, 3.63) is 59.4 Å². The lowest BCUT2D eigenvalue weighted by molar-refractivity contribution is -0.0240. The van der Waals surface area contributed by atoms with Gasteiger partial charge in [-0.2, -0.15) is 5.26 Å². The summed E-state index contributed by atoms with van der Waals surface area (Å²) in [6.45, 7) is 0.801. The lowest BCUT2D eigenvalue weighted by Crippen LogP contribution is -2.45. The molecule has 2 N–H and O–H groups in total. The van der Waals surface area contributed by atoms with Gasteiger partial charge in [-0.1, -0.05) is 36.4 Å². The molecule has 0 bridgehead atoms. The molecular formula is C21H21FN2O. The molecule has 0 radical (unpaired) electrons. The van der Waals surface area contributed by atoms with E-state index >= 15 is 0 Å². The molecule has 2 fully saturated rings. The van der Waals surface area contributed by atoms with Gasteiger partial charge < -0.3 is 5.11 Å². The second-order valence-electron chi connectivity index (χ2n) is 7.21. The molecule has 25 heavy (non-hydrogen) atoms. The minimum atomic E-state index is -0.982. The van der Waals surface area contributed by atoms with Gasteiger partial charge in [0.2, 0.25) is 0 Å². The van der Waals surface area contributed by atoms with Crippen LogP contribution in [0.5, 0.6) is 0 Å². The highest BCUT2D eigenvalue weighted by atomic mass is 19.1. The summed E-state index contributed by atoms with van der Waals surface area (Å²) in [4.78, 5) is 0. The number of nitriles is 1. The molecule has 2 aromatic carbocycles. The summed E-state index contributed by atoms with van der Waals surface area (Å²) in [5.41, 5.74) is 1.42. The van der Waals surface area contributed by atoms with Gasteiger partial charge in [0.25, 0.3) is 0 Å². The molecule has 1 aliphatic heterocycles. The number of hydrogen-bond donors (Lipinski definition) is 2. The van der Waals surface area contributed by atoms with Crippen molar-refractivity contribution in [3.63, 3.8) is 0 Å². The standard InChI is InChI=1S/C21H21FN2O/c22-19-13-17(20(14-23)10-11-20)7-8-18(19)15-3-5-16(6-4-15)21(25)9-1-2-12-24-21/h3-8,13,24-25H,1-2,9-12H2. The lowest BCUT2D eigenvalue weighted by atomic mass is 9.91. The number of hydrogen-bond acceptors (Lipinski definition) is 3. The molecule has 1 saturated carbocycles. The summed E-state index contributed by atoms with van der Waals surface area (Å²) < 4.78 is 14.6. The van der Waals surface area contributed by atoms with E-state index in [0.29, 0.717) is 12.0 Å². The van der Waals surface area contributed by atoms with Crippen LogP contribution in [0.2, 0.25) is 0 Å². The molecule has 1 unspecified atom stereocenters. The van der Waals surface area contributed by atoms with E-state index in [2.05, 4.69) is 11.4 Å². The minimum Gasteiger partial charge on any atom is -0.372 e. The average molecular weight is 336 g/mol. The van der Waals surface area contributed by atoms with Crippen LogP contribution in [0, 0.1) is 17.1 Å². The Morgan fingerprint density at radius 2 is 1.72 bits per heavy atom. The fourth-order valence-electron chi connectivity index (χ4n) is 3.70. The van der Waals surface area contributed by atoms with E-state index in [9.17, 15) is 14.8 Å². The van der Waals surface area contributed by atoms with Crippen LogP contribution in [0.4, 0.5) is 4.39 Å². The molecule has 2 aromatic rings. The Morgan fingerprint density at radius 1 is 1.00 bits per heavy atom. The Kier molecular flexibility index (Phi) is 3.87. The molecule has 1 aliphatic carbocycles. The number of aliphatic hydroxyl groups is 1. The van der Waals surface area contributed by atoms with Crippen molar-refractivity contribution < 1.29 is 9.50 Å². The fourth-order valence-corrected chi connectivity index (χ4v) is 3.70. The maximum Gasteiger partial charge on any atom is 0.142 e. The second kappa shape index (κ2) is 5.94. The highest BCUT2D eigenvalue weighted by Crippen LogP contribution is 2.48. The van der Waals surface area contributed by atoms with Crippen molar-refractivity contribution >= 4 is 0 Å². The summed E-state index contributed by atoms with van der Waals surface area (Å²) in [5.74, 6) is -0.304. The van der Waals surface area contributed by atoms with E-state index in [4.69, 9.17) is 0 Å². The smallest absolute Gasteiger partial charge is 0.142 e. The monoisotopic (exact) mass is 336 g/mol. The van der Waals surface area contributed by atoms with Crippen molar-refractivity contribution in [3.8, 4) is 17.2 Å². The SMILES string of the molecule is N#CC1(c2ccc(-c3ccc(C4(O)CCCCN4)cc3)c(F)c2)CC1. The van der Waals surface area contributed by atoms with Crippen molar-refractivity contribution in [2.75, 3.05) is 6.54 Å². The Bertz CT molecular complexity index is 828. The number of halogens is 1. The highest BCUT2D eigenvalue weighted by Gasteiger charge is 2.45. The quantitative estimate of drug-likeness (QED) is 0.892. The van der Waals surface area contributed by atoms with Gasteiger partial charge >= 0.3 is 0 Å². The molecule has 0 aromatic heterocycles. The van der Waals surface area contributed by atoms with E-state index in [1.54, 1.807) is 6.07 Å². The van der Waals surface area contributed by atoms with E-state index in [0.717, 1.165) is 48.9 Å². The molecule has 1 atom stereocenters. The van der Waals surface area contributed by atoms with Gasteiger partial charge in [-0.15, -0.1) is 0 Å². The molecular weight excluding hydrogens is 315 g/mol. The lowest BCUT2D eigenvalue weighted by Gasteiger charge is -2.33. The first-order valence-corrected chi connectivity index (χ1v) is 8.86. The van der Waals surface area contributed by atoms with Crippen molar-refractivity contribution in [2.24, 2.45) is 0 Å². The zero-order valence-electron chi connectivity index (χ0n) is 14.1. The number of rotatable bonds is 3. The van der Waals surface area contributed by atoms with Crippen molar-refractivity contribution in [1.29, 1.82) is 5.26 Å². The summed E-state index contributed by atoms with van der Waals surface area (Å²) in [6.07, 6.45) is 4.36. The Hall–Kier alpha value is -2.22. The van der Waals surface area contributed by atoms with Crippen LogP contribution in [0.25, 0.3) is 11.1 Å². The average Bonchev–Trinajstić information content (AvgIpc) is 3.44. The van der Waals surface area contributed by atoms with Crippen LogP contribution >= 0.6 is 0 Å². The van der Waals surface area contributed by atoms with Crippen molar-refractivity contribution in [2.45, 2.75) is 43.2 Å². The molecule has 0 amide bonds. The number of piperidine rings is 1. The first-order valence-electron chi connectivity index (χ1n) is 8.86. The maximum absolute atomic E-state index is 14.6. The normalized spacial score (nSPS) is 24.5. The number of benzene rings is 2. The van der Waals surface area contributed by atoms with Gasteiger partial charge in [0.15, 0.2) is 0 Å². The van der Waals surface area contributed by atoms with Crippen LogP contribution in [0.1, 0.15) is 43.2 Å². The predicted molar refractivity (Wildman–Crippen MR) is 94.1 cm³/mol. The Balaban J connectivity index is 1.61. The fraction of sp³-hybridized carbons (Fsp3) is 0.381. The molecule has 128 valence electrons. The van der Waals surface area contributed by atoms with Gasteiger partial charge in [-0.05, 0) is 61.4 Å². The second-order valence-corrected chi connectivity index (χ2v) is 7.21. The molecule has 1 saturated heterocycles. The van der Waals surface area contributed by atoms with Gasteiger partial charge in [-0.25, -0.2) is 4.39 Å². The number of nitrogens with zero attached hydrogens (tertiary/aromatic N) is 1. The molecule has 4 heteroatoms.